The summed E-state index contributed by atoms with van der Waals surface area (Å²) < 4.78 is 64.0. The van der Waals surface area contributed by atoms with Crippen LogP contribution in [0.1, 0.15) is 12.0 Å². The minimum atomic E-state index is -4.57. The standard InChI is InChI=1S/C13H18F3NO2SSi/c1-21(2,3)17-20(18,19)12(10-13(14,15)16)9-11-7-5-4-6-8-11/h4-9H,10H2,1-3H3,(H,17,18,19). The molecule has 0 bridgehead atoms. The van der Waals surface area contributed by atoms with Crippen LogP contribution in [-0.4, -0.2) is 23.2 Å². The Balaban J connectivity index is 3.37. The van der Waals surface area contributed by atoms with Crippen molar-refractivity contribution in [3.63, 3.8) is 0 Å². The zero-order valence-electron chi connectivity index (χ0n) is 12.0. The van der Waals surface area contributed by atoms with Crippen LogP contribution in [0.25, 0.3) is 6.08 Å². The second kappa shape index (κ2) is 6.33. The van der Waals surface area contributed by atoms with Crippen molar-refractivity contribution in [2.45, 2.75) is 32.2 Å². The van der Waals surface area contributed by atoms with Gasteiger partial charge in [0.1, 0.15) is 0 Å². The van der Waals surface area contributed by atoms with E-state index in [1.54, 1.807) is 50.0 Å². The van der Waals surface area contributed by atoms with Gasteiger partial charge in [-0.25, -0.2) is 4.21 Å². The molecule has 1 atom stereocenters. The summed E-state index contributed by atoms with van der Waals surface area (Å²) in [7, 11) is -6.39. The van der Waals surface area contributed by atoms with Crippen molar-refractivity contribution in [2.75, 3.05) is 0 Å². The molecule has 0 aliphatic rings. The molecule has 1 unspecified atom stereocenters. The zero-order chi connectivity index (χ0) is 16.3. The quantitative estimate of drug-likeness (QED) is 0.806. The van der Waals surface area contributed by atoms with E-state index < -0.39 is 35.7 Å². The van der Waals surface area contributed by atoms with E-state index in [2.05, 4.69) is 4.03 Å². The van der Waals surface area contributed by atoms with Crippen LogP contribution >= 0.6 is 0 Å². The second-order valence-corrected chi connectivity index (χ2v) is 12.2. The third-order valence-corrected chi connectivity index (χ3v) is 6.37. The Morgan fingerprint density at radius 1 is 1.29 bits per heavy atom. The van der Waals surface area contributed by atoms with Gasteiger partial charge in [-0.3, -0.25) is 8.58 Å². The largest absolute Gasteiger partial charge is 0.393 e. The summed E-state index contributed by atoms with van der Waals surface area (Å²) >= 11 is 0. The molecule has 1 aromatic rings. The number of benzene rings is 1. The molecule has 8 heteroatoms. The Labute approximate surface area is 124 Å². The fraction of sp³-hybridized carbons (Fsp3) is 0.385. The van der Waals surface area contributed by atoms with Crippen LogP contribution in [-0.2, 0) is 10.0 Å². The van der Waals surface area contributed by atoms with Gasteiger partial charge in [-0.1, -0.05) is 30.3 Å². The zero-order valence-corrected chi connectivity index (χ0v) is 13.8. The van der Waals surface area contributed by atoms with Crippen LogP contribution in [0, 0.1) is 0 Å². The van der Waals surface area contributed by atoms with E-state index in [9.17, 15) is 21.9 Å². The van der Waals surface area contributed by atoms with Gasteiger partial charge in [0, 0.05) is 0 Å². The maximum Gasteiger partial charge on any atom is 0.393 e. The smallest absolute Gasteiger partial charge is 0.298 e. The van der Waals surface area contributed by atoms with Crippen LogP contribution in [0.2, 0.25) is 19.6 Å². The predicted molar refractivity (Wildman–Crippen MR) is 81.6 cm³/mol. The lowest BCUT2D eigenvalue weighted by Crippen LogP contribution is -2.22. The first kappa shape index (κ1) is 17.9. The van der Waals surface area contributed by atoms with Crippen LogP contribution in [0.5, 0.6) is 0 Å². The van der Waals surface area contributed by atoms with Crippen molar-refractivity contribution in [1.29, 1.82) is 0 Å². The fourth-order valence-corrected chi connectivity index (χ4v) is 5.66. The van der Waals surface area contributed by atoms with Crippen molar-refractivity contribution in [2.24, 2.45) is 4.03 Å². The molecule has 0 aliphatic carbocycles. The number of halogens is 3. The van der Waals surface area contributed by atoms with Crippen molar-refractivity contribution in [3.05, 3.63) is 40.8 Å². The Kier molecular flexibility index (Phi) is 5.40. The van der Waals surface area contributed by atoms with E-state index in [0.29, 0.717) is 5.56 Å². The Morgan fingerprint density at radius 3 is 2.24 bits per heavy atom. The molecule has 0 saturated heterocycles. The molecule has 0 fully saturated rings. The summed E-state index contributed by atoms with van der Waals surface area (Å²) in [5.41, 5.74) is 0.435. The van der Waals surface area contributed by atoms with E-state index in [1.165, 1.54) is 0 Å². The molecule has 0 radical (unpaired) electrons. The highest BCUT2D eigenvalue weighted by molar-refractivity contribution is 7.93. The molecule has 0 amide bonds. The maximum absolute atomic E-state index is 12.7. The number of allylic oxidation sites excluding steroid dienone is 1. The van der Waals surface area contributed by atoms with Crippen LogP contribution < -0.4 is 0 Å². The van der Waals surface area contributed by atoms with E-state index in [1.807, 2.05) is 0 Å². The normalized spacial score (nSPS) is 16.4. The van der Waals surface area contributed by atoms with E-state index in [0.717, 1.165) is 6.08 Å². The van der Waals surface area contributed by atoms with Gasteiger partial charge in [0.15, 0.2) is 18.2 Å². The minimum absolute atomic E-state index is 0.435. The molecule has 1 N–H and O–H groups in total. The summed E-state index contributed by atoms with van der Waals surface area (Å²) in [5.74, 6) is 0. The monoisotopic (exact) mass is 337 g/mol. The SMILES string of the molecule is C[Si](C)(C)N=S(=O)(O)C(=Cc1ccccc1)CC(F)(F)F. The van der Waals surface area contributed by atoms with Crippen molar-refractivity contribution >= 4 is 24.3 Å². The molecule has 0 heterocycles. The number of hydrogen-bond acceptors (Lipinski definition) is 2. The number of rotatable bonds is 4. The summed E-state index contributed by atoms with van der Waals surface area (Å²) in [5, 5.41) is 0. The predicted octanol–water partition coefficient (Wildman–Crippen LogP) is 4.76. The van der Waals surface area contributed by atoms with Gasteiger partial charge in [-0.05, 0) is 31.3 Å². The molecule has 0 aliphatic heterocycles. The van der Waals surface area contributed by atoms with Gasteiger partial charge in [0.25, 0.3) is 0 Å². The topological polar surface area (TPSA) is 49.7 Å². The average molecular weight is 337 g/mol. The van der Waals surface area contributed by atoms with Gasteiger partial charge >= 0.3 is 6.18 Å². The van der Waals surface area contributed by atoms with Crippen LogP contribution in [0.4, 0.5) is 13.2 Å². The molecular weight excluding hydrogens is 319 g/mol. The molecule has 3 nitrogen and oxygen atoms in total. The number of hydrogen-bond donors (Lipinski definition) is 1. The van der Waals surface area contributed by atoms with Crippen molar-refractivity contribution in [3.8, 4) is 0 Å². The lowest BCUT2D eigenvalue weighted by atomic mass is 10.2. The van der Waals surface area contributed by atoms with Gasteiger partial charge in [-0.15, -0.1) is 0 Å². The third kappa shape index (κ3) is 6.92. The van der Waals surface area contributed by atoms with E-state index >= 15 is 0 Å². The summed E-state index contributed by atoms with van der Waals surface area (Å²) in [6, 6.07) is 8.14. The highest BCUT2D eigenvalue weighted by Gasteiger charge is 2.33. The molecule has 1 aromatic carbocycles. The Bertz CT molecular complexity index is 627. The van der Waals surface area contributed by atoms with E-state index in [-0.39, 0.29) is 0 Å². The molecule has 21 heavy (non-hydrogen) atoms. The summed E-state index contributed by atoms with van der Waals surface area (Å²) in [6.45, 7) is 5.07. The Morgan fingerprint density at radius 2 is 1.81 bits per heavy atom. The summed E-state index contributed by atoms with van der Waals surface area (Å²) in [4.78, 5) is -0.608. The third-order valence-electron chi connectivity index (χ3n) is 2.24. The molecule has 0 aromatic heterocycles. The number of nitrogens with zero attached hydrogens (tertiary/aromatic N) is 1. The van der Waals surface area contributed by atoms with Crippen molar-refractivity contribution < 1.29 is 21.9 Å². The molecule has 118 valence electrons. The van der Waals surface area contributed by atoms with Gasteiger partial charge in [0.2, 0.25) is 0 Å². The van der Waals surface area contributed by atoms with Gasteiger partial charge in [0.05, 0.1) is 11.3 Å². The minimum Gasteiger partial charge on any atom is -0.298 e. The average Bonchev–Trinajstić information content (AvgIpc) is 2.24. The molecular formula is C13H18F3NO2SSi. The highest BCUT2D eigenvalue weighted by Crippen LogP contribution is 2.30. The van der Waals surface area contributed by atoms with Crippen molar-refractivity contribution in [1.82, 2.24) is 0 Å². The molecule has 1 rings (SSSR count). The Hall–Kier alpha value is -1.12. The highest BCUT2D eigenvalue weighted by atomic mass is 32.2. The van der Waals surface area contributed by atoms with Crippen LogP contribution in [0.15, 0.2) is 39.3 Å². The number of alkyl halides is 3. The molecule has 0 spiro atoms. The summed E-state index contributed by atoms with van der Waals surface area (Å²) in [6.07, 6.45) is -4.92. The lowest BCUT2D eigenvalue weighted by molar-refractivity contribution is -0.125. The van der Waals surface area contributed by atoms with Gasteiger partial charge < -0.3 is 0 Å². The lowest BCUT2D eigenvalue weighted by Gasteiger charge is -2.16. The molecule has 0 saturated carbocycles. The van der Waals surface area contributed by atoms with Crippen LogP contribution in [0.3, 0.4) is 0 Å². The first-order valence-electron chi connectivity index (χ1n) is 6.22. The first-order valence-corrected chi connectivity index (χ1v) is 11.1. The van der Waals surface area contributed by atoms with E-state index in [4.69, 9.17) is 0 Å². The first-order chi connectivity index (χ1) is 9.39. The maximum atomic E-state index is 12.7. The second-order valence-electron chi connectivity index (χ2n) is 5.57. The van der Waals surface area contributed by atoms with Gasteiger partial charge in [-0.2, -0.15) is 13.2 Å². The fourth-order valence-electron chi connectivity index (χ4n) is 1.58.